The third-order valence-corrected chi connectivity index (χ3v) is 4.42. The molecule has 0 saturated carbocycles. The highest BCUT2D eigenvalue weighted by Gasteiger charge is 2.42. The average molecular weight is 390 g/mol. The summed E-state index contributed by atoms with van der Waals surface area (Å²) >= 11 is 0. The Labute approximate surface area is 161 Å². The number of carbonyl (C=O) groups is 2. The van der Waals surface area contributed by atoms with Crippen LogP contribution in [0.25, 0.3) is 0 Å². The number of carboxylic acids is 1. The Balaban J connectivity index is 2.50. The fourth-order valence-electron chi connectivity index (χ4n) is 3.23. The van der Waals surface area contributed by atoms with Crippen LogP contribution in [0.15, 0.2) is 40.5 Å². The third-order valence-electron chi connectivity index (χ3n) is 4.42. The number of rotatable bonds is 8. The Kier molecular flexibility index (Phi) is 7.00. The van der Waals surface area contributed by atoms with Crippen LogP contribution >= 0.6 is 0 Å². The van der Waals surface area contributed by atoms with Crippen LogP contribution in [0.1, 0.15) is 32.3 Å². The normalized spacial score (nSPS) is 19.2. The van der Waals surface area contributed by atoms with Gasteiger partial charge >= 0.3 is 11.9 Å². The number of esters is 1. The molecular weight excluding hydrogens is 368 g/mol. The predicted octanol–water partition coefficient (Wildman–Crippen LogP) is 2.71. The fourth-order valence-corrected chi connectivity index (χ4v) is 3.23. The van der Waals surface area contributed by atoms with E-state index in [0.717, 1.165) is 0 Å². The van der Waals surface area contributed by atoms with Gasteiger partial charge in [-0.15, -0.1) is 0 Å². The van der Waals surface area contributed by atoms with E-state index in [-0.39, 0.29) is 24.5 Å². The van der Waals surface area contributed by atoms with Gasteiger partial charge in [-0.3, -0.25) is 19.9 Å². The molecule has 2 atom stereocenters. The molecule has 1 N–H and O–H groups in total. The number of aliphatic imine (C=N–C) groups is 1. The summed E-state index contributed by atoms with van der Waals surface area (Å²) in [5.41, 5.74) is 0.866. The molecule has 0 fully saturated rings. The first-order valence-corrected chi connectivity index (χ1v) is 8.75. The van der Waals surface area contributed by atoms with Crippen LogP contribution in [0.3, 0.4) is 0 Å². The maximum atomic E-state index is 12.7. The molecule has 2 unspecified atom stereocenters. The van der Waals surface area contributed by atoms with Crippen molar-refractivity contribution in [2.75, 3.05) is 19.8 Å². The number of nitro groups is 1. The Morgan fingerprint density at radius 3 is 2.61 bits per heavy atom. The van der Waals surface area contributed by atoms with Crippen LogP contribution in [-0.4, -0.2) is 47.5 Å². The fraction of sp³-hybridized carbons (Fsp3) is 0.421. The minimum Gasteiger partial charge on any atom is -0.481 e. The number of benzene rings is 1. The van der Waals surface area contributed by atoms with Gasteiger partial charge in [0.25, 0.3) is 5.69 Å². The standard InChI is InChI=1S/C19H22N2O7/c1-4-27-8-9-28-19(24)16-12(3)20-11(2)15(18(22)23)17(16)13-6-5-7-14(10-13)21(25)26/h5-7,10,15,17H,4,8-9H2,1-3H3,(H,22,23). The van der Waals surface area contributed by atoms with Gasteiger partial charge in [-0.05, 0) is 26.3 Å². The van der Waals surface area contributed by atoms with Gasteiger partial charge in [0.05, 0.1) is 17.1 Å². The number of allylic oxidation sites excluding steroid dienone is 1. The van der Waals surface area contributed by atoms with Crippen LogP contribution < -0.4 is 0 Å². The zero-order valence-electron chi connectivity index (χ0n) is 15.9. The van der Waals surface area contributed by atoms with Gasteiger partial charge in [-0.1, -0.05) is 12.1 Å². The first kappa shape index (κ1) is 21.2. The molecule has 9 nitrogen and oxygen atoms in total. The second kappa shape index (κ2) is 9.23. The van der Waals surface area contributed by atoms with Crippen molar-refractivity contribution in [3.05, 3.63) is 51.2 Å². The topological polar surface area (TPSA) is 128 Å². The van der Waals surface area contributed by atoms with Crippen LogP contribution in [0.5, 0.6) is 0 Å². The van der Waals surface area contributed by atoms with Crippen molar-refractivity contribution >= 4 is 23.3 Å². The molecule has 1 aliphatic rings. The van der Waals surface area contributed by atoms with E-state index in [0.29, 0.717) is 23.6 Å². The zero-order valence-corrected chi connectivity index (χ0v) is 15.9. The molecule has 1 heterocycles. The minimum absolute atomic E-state index is 0.00550. The van der Waals surface area contributed by atoms with Crippen molar-refractivity contribution in [3.63, 3.8) is 0 Å². The molecule has 150 valence electrons. The number of hydrogen-bond acceptors (Lipinski definition) is 7. The van der Waals surface area contributed by atoms with E-state index in [9.17, 15) is 24.8 Å². The van der Waals surface area contributed by atoms with Gasteiger partial charge in [0.1, 0.15) is 12.5 Å². The van der Waals surface area contributed by atoms with Crippen LogP contribution in [0, 0.1) is 16.0 Å². The predicted molar refractivity (Wildman–Crippen MR) is 100 cm³/mol. The number of nitro benzene ring substituents is 1. The largest absolute Gasteiger partial charge is 0.481 e. The van der Waals surface area contributed by atoms with Gasteiger partial charge in [-0.25, -0.2) is 4.79 Å². The third kappa shape index (κ3) is 4.61. The molecule has 1 aliphatic heterocycles. The van der Waals surface area contributed by atoms with E-state index in [1.807, 2.05) is 6.92 Å². The molecule has 0 amide bonds. The van der Waals surface area contributed by atoms with Gasteiger partial charge in [0, 0.05) is 36.1 Å². The maximum absolute atomic E-state index is 12.7. The summed E-state index contributed by atoms with van der Waals surface area (Å²) in [6.07, 6.45) is 0. The average Bonchev–Trinajstić information content (AvgIpc) is 2.64. The van der Waals surface area contributed by atoms with Gasteiger partial charge < -0.3 is 14.6 Å². The van der Waals surface area contributed by atoms with Crippen LogP contribution in [0.2, 0.25) is 0 Å². The molecule has 0 aromatic heterocycles. The van der Waals surface area contributed by atoms with E-state index < -0.39 is 28.7 Å². The Morgan fingerprint density at radius 1 is 1.29 bits per heavy atom. The van der Waals surface area contributed by atoms with E-state index in [2.05, 4.69) is 4.99 Å². The van der Waals surface area contributed by atoms with Gasteiger partial charge in [-0.2, -0.15) is 0 Å². The van der Waals surface area contributed by atoms with Crippen molar-refractivity contribution < 1.29 is 29.1 Å². The lowest BCUT2D eigenvalue weighted by Gasteiger charge is -2.30. The number of carboxylic acid groups (broad SMARTS) is 1. The molecule has 28 heavy (non-hydrogen) atoms. The van der Waals surface area contributed by atoms with Crippen LogP contribution in [-0.2, 0) is 19.1 Å². The first-order valence-electron chi connectivity index (χ1n) is 8.75. The number of carbonyl (C=O) groups excluding carboxylic acids is 1. The maximum Gasteiger partial charge on any atom is 0.336 e. The van der Waals surface area contributed by atoms with E-state index in [1.165, 1.54) is 18.2 Å². The molecule has 2 rings (SSSR count). The van der Waals surface area contributed by atoms with Crippen molar-refractivity contribution in [1.29, 1.82) is 0 Å². The van der Waals surface area contributed by atoms with Gasteiger partial charge in [0.2, 0.25) is 0 Å². The minimum atomic E-state index is -1.18. The summed E-state index contributed by atoms with van der Waals surface area (Å²) in [4.78, 5) is 39.4. The smallest absolute Gasteiger partial charge is 0.336 e. The molecule has 1 aromatic carbocycles. The monoisotopic (exact) mass is 390 g/mol. The summed E-state index contributed by atoms with van der Waals surface area (Å²) < 4.78 is 10.4. The summed E-state index contributed by atoms with van der Waals surface area (Å²) in [6, 6.07) is 5.60. The van der Waals surface area contributed by atoms with Crippen molar-refractivity contribution in [2.45, 2.75) is 26.7 Å². The summed E-state index contributed by atoms with van der Waals surface area (Å²) in [5.74, 6) is -3.98. The highest BCUT2D eigenvalue weighted by molar-refractivity contribution is 6.06. The molecule has 9 heteroatoms. The quantitative estimate of drug-likeness (QED) is 0.313. The Hall–Kier alpha value is -3.07. The molecule has 0 radical (unpaired) electrons. The highest BCUT2D eigenvalue weighted by Crippen LogP contribution is 2.40. The van der Waals surface area contributed by atoms with E-state index >= 15 is 0 Å². The highest BCUT2D eigenvalue weighted by atomic mass is 16.6. The van der Waals surface area contributed by atoms with Gasteiger partial charge in [0.15, 0.2) is 0 Å². The Morgan fingerprint density at radius 2 is 2.00 bits per heavy atom. The second-order valence-corrected chi connectivity index (χ2v) is 6.23. The zero-order chi connectivity index (χ0) is 20.8. The summed E-state index contributed by atoms with van der Waals surface area (Å²) in [6.45, 7) is 5.64. The molecular formula is C19H22N2O7. The molecule has 0 saturated heterocycles. The molecule has 0 spiro atoms. The van der Waals surface area contributed by atoms with Crippen molar-refractivity contribution in [3.8, 4) is 0 Å². The number of ether oxygens (including phenoxy) is 2. The lowest BCUT2D eigenvalue weighted by atomic mass is 9.75. The van der Waals surface area contributed by atoms with Crippen LogP contribution in [0.4, 0.5) is 5.69 Å². The number of aliphatic carboxylic acids is 1. The summed E-state index contributed by atoms with van der Waals surface area (Å²) in [5, 5.41) is 20.9. The molecule has 0 bridgehead atoms. The SMILES string of the molecule is CCOCCOC(=O)C1=C(C)N=C(C)C(C(=O)O)C1c1cccc([N+](=O)[O-])c1. The number of nitrogens with zero attached hydrogens (tertiary/aromatic N) is 2. The van der Waals surface area contributed by atoms with Crippen molar-refractivity contribution in [2.24, 2.45) is 10.9 Å². The lowest BCUT2D eigenvalue weighted by molar-refractivity contribution is -0.384. The molecule has 1 aromatic rings. The Bertz CT molecular complexity index is 844. The second-order valence-electron chi connectivity index (χ2n) is 6.23. The lowest BCUT2D eigenvalue weighted by Crippen LogP contribution is -2.35. The van der Waals surface area contributed by atoms with E-state index in [4.69, 9.17) is 9.47 Å². The van der Waals surface area contributed by atoms with Crippen molar-refractivity contribution in [1.82, 2.24) is 0 Å². The first-order chi connectivity index (χ1) is 13.3. The molecule has 0 aliphatic carbocycles. The number of non-ortho nitro benzene ring substituents is 1. The van der Waals surface area contributed by atoms with E-state index in [1.54, 1.807) is 19.9 Å². The summed E-state index contributed by atoms with van der Waals surface area (Å²) in [7, 11) is 0. The number of hydrogen-bond donors (Lipinski definition) is 1.